The Morgan fingerprint density at radius 1 is 1.00 bits per heavy atom. The number of rotatable bonds is 5. The molecule has 1 saturated heterocycles. The summed E-state index contributed by atoms with van der Waals surface area (Å²) in [6.45, 7) is -0.657. The minimum absolute atomic E-state index is 0.0273. The van der Waals surface area contributed by atoms with Crippen LogP contribution in [0.2, 0.25) is 0 Å². The van der Waals surface area contributed by atoms with Crippen molar-refractivity contribution in [1.29, 1.82) is 0 Å². The first-order valence-electron chi connectivity index (χ1n) is 9.89. The van der Waals surface area contributed by atoms with Gasteiger partial charge in [0.15, 0.2) is 16.9 Å². The van der Waals surface area contributed by atoms with Crippen molar-refractivity contribution >= 4 is 11.0 Å². The fourth-order valence-corrected chi connectivity index (χ4v) is 3.60. The Labute approximate surface area is 186 Å². The highest BCUT2D eigenvalue weighted by molar-refractivity contribution is 5.89. The van der Waals surface area contributed by atoms with Crippen LogP contribution in [-0.4, -0.2) is 75.1 Å². The molecule has 11 nitrogen and oxygen atoms in total. The van der Waals surface area contributed by atoms with Gasteiger partial charge in [0.25, 0.3) is 0 Å². The van der Waals surface area contributed by atoms with Crippen LogP contribution in [0.15, 0.2) is 45.6 Å². The lowest BCUT2D eigenvalue weighted by Crippen LogP contribution is -2.60. The minimum atomic E-state index is -1.71. The monoisotopic (exact) mass is 462 g/mol. The summed E-state index contributed by atoms with van der Waals surface area (Å²) < 4.78 is 21.9. The molecule has 0 saturated carbocycles. The average molecular weight is 462 g/mol. The van der Waals surface area contributed by atoms with Crippen molar-refractivity contribution < 1.29 is 49.3 Å². The molecule has 0 aliphatic carbocycles. The first-order chi connectivity index (χ1) is 15.7. The number of phenolic OH excluding ortho intramolecular Hbond substituents is 2. The largest absolute Gasteiger partial charge is 0.508 e. The van der Waals surface area contributed by atoms with E-state index in [-0.39, 0.29) is 34.0 Å². The van der Waals surface area contributed by atoms with Gasteiger partial charge < -0.3 is 49.3 Å². The lowest BCUT2D eigenvalue weighted by atomic mass is 9.99. The van der Waals surface area contributed by atoms with Gasteiger partial charge in [-0.1, -0.05) is 0 Å². The summed E-state index contributed by atoms with van der Waals surface area (Å²) in [5.41, 5.74) is -0.170. The van der Waals surface area contributed by atoms with E-state index in [0.717, 1.165) is 0 Å². The molecule has 4 rings (SSSR count). The van der Waals surface area contributed by atoms with Gasteiger partial charge in [-0.05, 0) is 24.3 Å². The third kappa shape index (κ3) is 4.08. The first kappa shape index (κ1) is 22.8. The average Bonchev–Trinajstić information content (AvgIpc) is 2.79. The molecule has 0 bridgehead atoms. The Morgan fingerprint density at radius 2 is 1.70 bits per heavy atom. The topological polar surface area (TPSA) is 179 Å². The Morgan fingerprint density at radius 3 is 2.33 bits per heavy atom. The molecular formula is C22H22O11. The van der Waals surface area contributed by atoms with Crippen molar-refractivity contribution in [2.75, 3.05) is 13.7 Å². The maximum Gasteiger partial charge on any atom is 0.229 e. The van der Waals surface area contributed by atoms with E-state index in [1.165, 1.54) is 43.5 Å². The standard InChI is InChI=1S/C22H22O11/c1-30-21-14(32-22-20(29)19(28)17(26)15(8-23)33-22)7-13-16(18(21)27)11(25)6-12(31-13)9-2-4-10(24)5-3-9/h2-7,15,17,19-20,22-24,26-29H,8H2,1H3/t15-,17-,19+,20-,22-/m0/s1. The van der Waals surface area contributed by atoms with Gasteiger partial charge in [-0.3, -0.25) is 4.79 Å². The predicted molar refractivity (Wildman–Crippen MR) is 112 cm³/mol. The second-order valence-corrected chi connectivity index (χ2v) is 7.47. The number of benzene rings is 2. The second-order valence-electron chi connectivity index (χ2n) is 7.47. The number of hydrogen-bond acceptors (Lipinski definition) is 11. The third-order valence-electron chi connectivity index (χ3n) is 5.36. The van der Waals surface area contributed by atoms with E-state index in [1.54, 1.807) is 0 Å². The van der Waals surface area contributed by atoms with Crippen LogP contribution in [0.4, 0.5) is 0 Å². The summed E-state index contributed by atoms with van der Waals surface area (Å²) in [6.07, 6.45) is -7.74. The van der Waals surface area contributed by atoms with E-state index in [0.29, 0.717) is 5.56 Å². The molecule has 1 aliphatic heterocycles. The lowest BCUT2D eigenvalue weighted by Gasteiger charge is -2.39. The van der Waals surface area contributed by atoms with Gasteiger partial charge in [-0.15, -0.1) is 0 Å². The normalized spacial score (nSPS) is 25.2. The second kappa shape index (κ2) is 8.89. The van der Waals surface area contributed by atoms with Gasteiger partial charge in [0.05, 0.1) is 13.7 Å². The molecule has 3 aromatic rings. The van der Waals surface area contributed by atoms with Gasteiger partial charge in [0, 0.05) is 17.7 Å². The number of hydrogen-bond donors (Lipinski definition) is 6. The summed E-state index contributed by atoms with van der Waals surface area (Å²) in [7, 11) is 1.22. The number of aromatic hydroxyl groups is 2. The molecule has 1 fully saturated rings. The number of methoxy groups -OCH3 is 1. The van der Waals surface area contributed by atoms with Crippen molar-refractivity contribution in [2.45, 2.75) is 30.7 Å². The van der Waals surface area contributed by atoms with E-state index >= 15 is 0 Å². The van der Waals surface area contributed by atoms with Crippen LogP contribution in [0.1, 0.15) is 0 Å². The third-order valence-corrected chi connectivity index (χ3v) is 5.36. The van der Waals surface area contributed by atoms with Gasteiger partial charge in [-0.2, -0.15) is 0 Å². The predicted octanol–water partition coefficient (Wildman–Crippen LogP) is 0.0585. The van der Waals surface area contributed by atoms with E-state index in [4.69, 9.17) is 18.6 Å². The quantitative estimate of drug-likeness (QED) is 0.302. The number of aliphatic hydroxyl groups is 4. The SMILES string of the molecule is COc1c(O[C@H]2O[C@@H](CO)[C@H](O)[C@@H](O)[C@@H]2O)cc2oc(-c3ccc(O)cc3)cc(=O)c2c1O. The Kier molecular flexibility index (Phi) is 6.15. The Hall–Kier alpha value is -3.35. The first-order valence-corrected chi connectivity index (χ1v) is 9.89. The van der Waals surface area contributed by atoms with Crippen LogP contribution in [-0.2, 0) is 4.74 Å². The van der Waals surface area contributed by atoms with Gasteiger partial charge in [0.1, 0.15) is 46.9 Å². The summed E-state index contributed by atoms with van der Waals surface area (Å²) in [5.74, 6) is -0.863. The Bertz CT molecular complexity index is 1200. The van der Waals surface area contributed by atoms with Gasteiger partial charge in [-0.25, -0.2) is 0 Å². The molecule has 1 aromatic heterocycles. The molecule has 0 spiro atoms. The molecular weight excluding hydrogens is 440 g/mol. The molecule has 1 aliphatic rings. The molecule has 6 N–H and O–H groups in total. The fourth-order valence-electron chi connectivity index (χ4n) is 3.60. The van der Waals surface area contributed by atoms with Crippen molar-refractivity contribution in [2.24, 2.45) is 0 Å². The molecule has 5 atom stereocenters. The van der Waals surface area contributed by atoms with Gasteiger partial charge >= 0.3 is 0 Å². The lowest BCUT2D eigenvalue weighted by molar-refractivity contribution is -0.277. The zero-order chi connectivity index (χ0) is 23.9. The molecule has 2 heterocycles. The maximum absolute atomic E-state index is 12.7. The molecule has 11 heteroatoms. The summed E-state index contributed by atoms with van der Waals surface area (Å²) in [5, 5.41) is 59.5. The highest BCUT2D eigenvalue weighted by atomic mass is 16.7. The summed E-state index contributed by atoms with van der Waals surface area (Å²) >= 11 is 0. The molecule has 176 valence electrons. The minimum Gasteiger partial charge on any atom is -0.508 e. The molecule has 33 heavy (non-hydrogen) atoms. The maximum atomic E-state index is 12.7. The summed E-state index contributed by atoms with van der Waals surface area (Å²) in [4.78, 5) is 12.7. The van der Waals surface area contributed by atoms with Crippen LogP contribution < -0.4 is 14.9 Å². The zero-order valence-corrected chi connectivity index (χ0v) is 17.3. The molecule has 0 amide bonds. The number of aliphatic hydroxyl groups excluding tert-OH is 4. The molecule has 0 unspecified atom stereocenters. The van der Waals surface area contributed by atoms with E-state index in [2.05, 4.69) is 0 Å². The number of phenols is 2. The van der Waals surface area contributed by atoms with Crippen LogP contribution in [0.25, 0.3) is 22.3 Å². The van der Waals surface area contributed by atoms with E-state index in [1.807, 2.05) is 0 Å². The van der Waals surface area contributed by atoms with Crippen molar-refractivity contribution in [3.63, 3.8) is 0 Å². The summed E-state index contributed by atoms with van der Waals surface area (Å²) in [6, 6.07) is 8.31. The van der Waals surface area contributed by atoms with Crippen molar-refractivity contribution in [1.82, 2.24) is 0 Å². The number of fused-ring (bicyclic) bond motifs is 1. The highest BCUT2D eigenvalue weighted by Gasteiger charge is 2.45. The molecule has 0 radical (unpaired) electrons. The highest BCUT2D eigenvalue weighted by Crippen LogP contribution is 2.43. The Balaban J connectivity index is 1.79. The van der Waals surface area contributed by atoms with Crippen LogP contribution in [0.3, 0.4) is 0 Å². The van der Waals surface area contributed by atoms with E-state index in [9.17, 15) is 35.4 Å². The van der Waals surface area contributed by atoms with E-state index < -0.39 is 48.5 Å². The zero-order valence-electron chi connectivity index (χ0n) is 17.3. The van der Waals surface area contributed by atoms with Crippen LogP contribution >= 0.6 is 0 Å². The van der Waals surface area contributed by atoms with Crippen LogP contribution in [0, 0.1) is 0 Å². The van der Waals surface area contributed by atoms with Crippen LogP contribution in [0.5, 0.6) is 23.0 Å². The van der Waals surface area contributed by atoms with Gasteiger partial charge in [0.2, 0.25) is 12.0 Å². The fraction of sp³-hybridized carbons (Fsp3) is 0.318. The van der Waals surface area contributed by atoms with Crippen molar-refractivity contribution in [3.05, 3.63) is 46.6 Å². The molecule has 2 aromatic carbocycles. The smallest absolute Gasteiger partial charge is 0.229 e. The number of ether oxygens (including phenoxy) is 3. The van der Waals surface area contributed by atoms with Crippen molar-refractivity contribution in [3.8, 4) is 34.3 Å².